The van der Waals surface area contributed by atoms with E-state index < -0.39 is 35.2 Å². The Bertz CT molecular complexity index is 715. The highest BCUT2D eigenvalue weighted by molar-refractivity contribution is 5.93. The van der Waals surface area contributed by atoms with Gasteiger partial charge in [-0.1, -0.05) is 26.0 Å². The van der Waals surface area contributed by atoms with E-state index in [-0.39, 0.29) is 31.1 Å². The molecule has 0 radical (unpaired) electrons. The summed E-state index contributed by atoms with van der Waals surface area (Å²) in [7, 11) is 0. The summed E-state index contributed by atoms with van der Waals surface area (Å²) in [4.78, 5) is 46.3. The number of benzene rings is 1. The number of aryl methyl sites for hydroxylation is 1. The van der Waals surface area contributed by atoms with Crippen LogP contribution in [0.25, 0.3) is 0 Å². The topological polar surface area (TPSA) is 116 Å². The quantitative estimate of drug-likeness (QED) is 0.423. The number of hydrogen-bond acceptors (Lipinski definition) is 6. The number of ether oxygens (including phenoxy) is 1. The minimum absolute atomic E-state index is 0.143. The molecule has 1 aromatic carbocycles. The fraction of sp³-hybridized carbons (Fsp3) is 0.526. The zero-order chi connectivity index (χ0) is 20.0. The molecule has 1 aliphatic rings. The zero-order valence-corrected chi connectivity index (χ0v) is 15.5. The molecule has 2 rings (SSSR count). The smallest absolute Gasteiger partial charge is 0.307 e. The first-order valence-electron chi connectivity index (χ1n) is 8.99. The molecular weight excluding hydrogens is 352 g/mol. The summed E-state index contributed by atoms with van der Waals surface area (Å²) >= 11 is 0. The molecule has 8 nitrogen and oxygen atoms in total. The fourth-order valence-electron chi connectivity index (χ4n) is 3.41. The van der Waals surface area contributed by atoms with E-state index in [9.17, 15) is 24.5 Å². The number of rotatable bonds is 8. The van der Waals surface area contributed by atoms with Crippen LogP contribution in [-0.4, -0.2) is 35.7 Å². The maximum atomic E-state index is 12.0. The van der Waals surface area contributed by atoms with Crippen molar-refractivity contribution in [3.8, 4) is 0 Å². The minimum atomic E-state index is -0.720. The highest BCUT2D eigenvalue weighted by Gasteiger charge is 2.44. The molecule has 0 spiro atoms. The lowest BCUT2D eigenvalue weighted by Crippen LogP contribution is -2.28. The molecule has 0 aromatic heterocycles. The SMILES string of the molecule is CCc1ccc(NC(=O)COC(=O)C[C@@H]2C(=O)C[C@@H](C)[C@H]2C[N+](=O)[O-])cc1. The van der Waals surface area contributed by atoms with Gasteiger partial charge in [-0.15, -0.1) is 0 Å². The van der Waals surface area contributed by atoms with Crippen molar-refractivity contribution in [2.75, 3.05) is 18.5 Å². The van der Waals surface area contributed by atoms with Gasteiger partial charge in [0.15, 0.2) is 6.61 Å². The standard InChI is InChI=1S/C19H24N2O6/c1-3-13-4-6-14(7-5-13)20-18(23)11-27-19(24)9-15-16(10-21(25)26)12(2)8-17(15)22/h4-7,12,15-16H,3,8-11H2,1-2H3,(H,20,23)/t12-,15+,16-/m1/s1. The Morgan fingerprint density at radius 1 is 1.30 bits per heavy atom. The lowest BCUT2D eigenvalue weighted by molar-refractivity contribution is -0.490. The van der Waals surface area contributed by atoms with Gasteiger partial charge < -0.3 is 10.1 Å². The summed E-state index contributed by atoms with van der Waals surface area (Å²) in [5.41, 5.74) is 1.73. The number of anilines is 1. The molecule has 27 heavy (non-hydrogen) atoms. The van der Waals surface area contributed by atoms with E-state index >= 15 is 0 Å². The predicted molar refractivity (Wildman–Crippen MR) is 97.7 cm³/mol. The zero-order valence-electron chi connectivity index (χ0n) is 15.5. The summed E-state index contributed by atoms with van der Waals surface area (Å²) in [5, 5.41) is 13.4. The van der Waals surface area contributed by atoms with Crippen LogP contribution in [0.15, 0.2) is 24.3 Å². The number of carbonyl (C=O) groups is 3. The first kappa shape index (κ1) is 20.5. The van der Waals surface area contributed by atoms with Gasteiger partial charge in [0.05, 0.1) is 6.42 Å². The molecule has 3 atom stereocenters. The molecule has 1 aromatic rings. The summed E-state index contributed by atoms with van der Waals surface area (Å²) in [6.07, 6.45) is 0.882. The summed E-state index contributed by atoms with van der Waals surface area (Å²) in [6, 6.07) is 7.31. The molecule has 8 heteroatoms. The van der Waals surface area contributed by atoms with Crippen LogP contribution in [-0.2, 0) is 25.5 Å². The van der Waals surface area contributed by atoms with E-state index in [4.69, 9.17) is 4.74 Å². The molecule has 1 amide bonds. The number of hydrogen-bond donors (Lipinski definition) is 1. The van der Waals surface area contributed by atoms with Crippen LogP contribution in [0.1, 0.15) is 32.3 Å². The van der Waals surface area contributed by atoms with Crippen molar-refractivity contribution < 1.29 is 24.0 Å². The molecule has 0 bridgehead atoms. The first-order valence-corrected chi connectivity index (χ1v) is 8.99. The van der Waals surface area contributed by atoms with Gasteiger partial charge in [0, 0.05) is 28.9 Å². The lowest BCUT2D eigenvalue weighted by Gasteiger charge is -2.17. The lowest BCUT2D eigenvalue weighted by atomic mass is 9.88. The maximum absolute atomic E-state index is 12.0. The highest BCUT2D eigenvalue weighted by Crippen LogP contribution is 2.36. The number of ketones is 1. The normalized spacial score (nSPS) is 21.7. The van der Waals surface area contributed by atoms with Gasteiger partial charge >= 0.3 is 5.97 Å². The van der Waals surface area contributed by atoms with Gasteiger partial charge in [0.2, 0.25) is 6.54 Å². The number of amides is 1. The predicted octanol–water partition coefficient (Wildman–Crippen LogP) is 2.24. The molecule has 0 unspecified atom stereocenters. The van der Waals surface area contributed by atoms with Crippen LogP contribution >= 0.6 is 0 Å². The Labute approximate surface area is 157 Å². The van der Waals surface area contributed by atoms with Crippen molar-refractivity contribution >= 4 is 23.3 Å². The van der Waals surface area contributed by atoms with Crippen LogP contribution in [0.3, 0.4) is 0 Å². The number of nitro groups is 1. The summed E-state index contributed by atoms with van der Waals surface area (Å²) in [6.45, 7) is 2.98. The van der Waals surface area contributed by atoms with E-state index in [1.165, 1.54) is 0 Å². The van der Waals surface area contributed by atoms with Crippen LogP contribution < -0.4 is 5.32 Å². The van der Waals surface area contributed by atoms with E-state index in [0.717, 1.165) is 12.0 Å². The Balaban J connectivity index is 1.82. The fourth-order valence-corrected chi connectivity index (χ4v) is 3.41. The van der Waals surface area contributed by atoms with Gasteiger partial charge in [0.1, 0.15) is 5.78 Å². The van der Waals surface area contributed by atoms with Crippen LogP contribution in [0.2, 0.25) is 0 Å². The second kappa shape index (κ2) is 9.25. The van der Waals surface area contributed by atoms with Crippen molar-refractivity contribution in [2.45, 2.75) is 33.1 Å². The van der Waals surface area contributed by atoms with Crippen molar-refractivity contribution in [1.29, 1.82) is 0 Å². The molecule has 0 heterocycles. The Morgan fingerprint density at radius 3 is 2.56 bits per heavy atom. The van der Waals surface area contributed by atoms with Crippen molar-refractivity contribution in [2.24, 2.45) is 17.8 Å². The molecular formula is C19H24N2O6. The second-order valence-electron chi connectivity index (χ2n) is 6.90. The van der Waals surface area contributed by atoms with Crippen molar-refractivity contribution in [3.05, 3.63) is 39.9 Å². The molecule has 1 aliphatic carbocycles. The average molecular weight is 376 g/mol. The Hall–Kier alpha value is -2.77. The van der Waals surface area contributed by atoms with Crippen molar-refractivity contribution in [1.82, 2.24) is 0 Å². The van der Waals surface area contributed by atoms with Gasteiger partial charge in [-0.05, 0) is 30.0 Å². The van der Waals surface area contributed by atoms with Gasteiger partial charge in [0.25, 0.3) is 5.91 Å². The maximum Gasteiger partial charge on any atom is 0.307 e. The van der Waals surface area contributed by atoms with Gasteiger partial charge in [-0.2, -0.15) is 0 Å². The first-order chi connectivity index (χ1) is 12.8. The van der Waals surface area contributed by atoms with Crippen LogP contribution in [0, 0.1) is 27.9 Å². The minimum Gasteiger partial charge on any atom is -0.456 e. The Kier molecular flexibility index (Phi) is 7.04. The van der Waals surface area contributed by atoms with Crippen molar-refractivity contribution in [3.63, 3.8) is 0 Å². The molecule has 1 saturated carbocycles. The number of carbonyl (C=O) groups excluding carboxylic acids is 3. The van der Waals surface area contributed by atoms with E-state index in [1.807, 2.05) is 19.1 Å². The molecule has 0 aliphatic heterocycles. The molecule has 1 N–H and O–H groups in total. The third kappa shape index (κ3) is 5.87. The third-order valence-corrected chi connectivity index (χ3v) is 4.94. The van der Waals surface area contributed by atoms with E-state index in [1.54, 1.807) is 19.1 Å². The largest absolute Gasteiger partial charge is 0.456 e. The molecule has 146 valence electrons. The Morgan fingerprint density at radius 2 is 1.96 bits per heavy atom. The molecule has 0 saturated heterocycles. The molecule has 1 fully saturated rings. The average Bonchev–Trinajstić information content (AvgIpc) is 2.87. The monoisotopic (exact) mass is 376 g/mol. The third-order valence-electron chi connectivity index (χ3n) is 4.94. The highest BCUT2D eigenvalue weighted by atomic mass is 16.6. The van der Waals surface area contributed by atoms with Crippen LogP contribution in [0.5, 0.6) is 0 Å². The number of Topliss-reactive ketones (excluding diaryl/α,β-unsaturated/α-hetero) is 1. The van der Waals surface area contributed by atoms with Gasteiger partial charge in [-0.25, -0.2) is 0 Å². The van der Waals surface area contributed by atoms with Crippen LogP contribution in [0.4, 0.5) is 5.69 Å². The van der Waals surface area contributed by atoms with Gasteiger partial charge in [-0.3, -0.25) is 24.5 Å². The second-order valence-corrected chi connectivity index (χ2v) is 6.90. The summed E-state index contributed by atoms with van der Waals surface area (Å²) < 4.78 is 4.95. The number of esters is 1. The number of nitrogens with zero attached hydrogens (tertiary/aromatic N) is 1. The summed E-state index contributed by atoms with van der Waals surface area (Å²) in [5.74, 6) is -2.69. The van der Waals surface area contributed by atoms with E-state index in [2.05, 4.69) is 5.32 Å². The van der Waals surface area contributed by atoms with E-state index in [0.29, 0.717) is 5.69 Å². The number of nitrogens with one attached hydrogen (secondary N) is 1.